The lowest BCUT2D eigenvalue weighted by Gasteiger charge is -2.13. The first-order valence-electron chi connectivity index (χ1n) is 15.6. The smallest absolute Gasteiger partial charge is 0.164 e. The van der Waals surface area contributed by atoms with Crippen LogP contribution in [0.2, 0.25) is 0 Å². The van der Waals surface area contributed by atoms with E-state index in [-0.39, 0.29) is 0 Å². The Morgan fingerprint density at radius 2 is 1.11 bits per heavy atom. The molecule has 0 amide bonds. The summed E-state index contributed by atoms with van der Waals surface area (Å²) in [7, 11) is 0. The van der Waals surface area contributed by atoms with Crippen molar-refractivity contribution in [2.24, 2.45) is 0 Å². The van der Waals surface area contributed by atoms with E-state index in [1.807, 2.05) is 54.9 Å². The maximum atomic E-state index is 6.52. The zero-order chi connectivity index (χ0) is 30.9. The Hall–Kier alpha value is -6.46. The van der Waals surface area contributed by atoms with E-state index in [1.165, 1.54) is 16.2 Å². The third-order valence-corrected chi connectivity index (χ3v) is 9.17. The molecule has 7 aromatic carbocycles. The Labute approximate surface area is 268 Å². The van der Waals surface area contributed by atoms with E-state index < -0.39 is 0 Å². The minimum absolute atomic E-state index is 0.580. The third kappa shape index (κ3) is 4.03. The monoisotopic (exact) mass is 600 g/mol. The Balaban J connectivity index is 1.23. The van der Waals surface area contributed by atoms with Crippen LogP contribution in [0.4, 0.5) is 0 Å². The number of hydrogen-bond acceptors (Lipinski definition) is 5. The average Bonchev–Trinajstić information content (AvgIpc) is 3.53. The molecule has 0 N–H and O–H groups in total. The number of furan rings is 1. The fourth-order valence-corrected chi connectivity index (χ4v) is 6.94. The molecule has 10 rings (SSSR count). The molecule has 3 heterocycles. The molecule has 0 unspecified atom stereocenters. The van der Waals surface area contributed by atoms with Crippen molar-refractivity contribution in [3.8, 4) is 34.2 Å². The maximum Gasteiger partial charge on any atom is 0.164 e. The van der Waals surface area contributed by atoms with Crippen molar-refractivity contribution >= 4 is 65.0 Å². The van der Waals surface area contributed by atoms with Crippen LogP contribution < -0.4 is 0 Å². The molecule has 0 radical (unpaired) electrons. The van der Waals surface area contributed by atoms with Crippen LogP contribution in [0.25, 0.3) is 99.2 Å². The largest absolute Gasteiger partial charge is 0.455 e. The van der Waals surface area contributed by atoms with Gasteiger partial charge in [0.1, 0.15) is 11.2 Å². The van der Waals surface area contributed by atoms with Gasteiger partial charge in [0.2, 0.25) is 0 Å². The van der Waals surface area contributed by atoms with E-state index in [9.17, 15) is 0 Å². The van der Waals surface area contributed by atoms with Crippen molar-refractivity contribution in [1.82, 2.24) is 19.9 Å². The van der Waals surface area contributed by atoms with Gasteiger partial charge in [-0.3, -0.25) is 4.98 Å². The van der Waals surface area contributed by atoms with Gasteiger partial charge >= 0.3 is 0 Å². The minimum Gasteiger partial charge on any atom is -0.455 e. The van der Waals surface area contributed by atoms with Crippen LogP contribution in [0.5, 0.6) is 0 Å². The topological polar surface area (TPSA) is 64.7 Å². The zero-order valence-electron chi connectivity index (χ0n) is 25.1. The van der Waals surface area contributed by atoms with Gasteiger partial charge in [-0.1, -0.05) is 103 Å². The van der Waals surface area contributed by atoms with Crippen LogP contribution in [0.15, 0.2) is 150 Å². The zero-order valence-corrected chi connectivity index (χ0v) is 25.1. The van der Waals surface area contributed by atoms with Gasteiger partial charge in [0.15, 0.2) is 17.5 Å². The van der Waals surface area contributed by atoms with Gasteiger partial charge in [0.25, 0.3) is 0 Å². The maximum absolute atomic E-state index is 6.52. The van der Waals surface area contributed by atoms with E-state index in [0.717, 1.165) is 65.6 Å². The fourth-order valence-electron chi connectivity index (χ4n) is 6.94. The summed E-state index contributed by atoms with van der Waals surface area (Å²) < 4.78 is 6.52. The summed E-state index contributed by atoms with van der Waals surface area (Å²) in [4.78, 5) is 19.8. The van der Waals surface area contributed by atoms with E-state index >= 15 is 0 Å². The highest BCUT2D eigenvalue weighted by atomic mass is 16.3. The van der Waals surface area contributed by atoms with E-state index in [2.05, 4.69) is 96.0 Å². The summed E-state index contributed by atoms with van der Waals surface area (Å²) in [6, 6.07) is 46.0. The highest BCUT2D eigenvalue weighted by molar-refractivity contribution is 6.23. The molecule has 0 fully saturated rings. The van der Waals surface area contributed by atoms with Gasteiger partial charge in [-0.05, 0) is 62.6 Å². The molecular formula is C42H24N4O. The second-order valence-corrected chi connectivity index (χ2v) is 11.9. The Morgan fingerprint density at radius 3 is 1.98 bits per heavy atom. The Bertz CT molecular complexity index is 2860. The fraction of sp³-hybridized carbons (Fsp3) is 0. The predicted octanol–water partition coefficient (Wildman–Crippen LogP) is 10.8. The molecule has 3 aromatic heterocycles. The second-order valence-electron chi connectivity index (χ2n) is 11.9. The molecule has 5 heteroatoms. The van der Waals surface area contributed by atoms with Gasteiger partial charge in [-0.15, -0.1) is 0 Å². The van der Waals surface area contributed by atoms with Gasteiger partial charge in [0, 0.05) is 50.6 Å². The van der Waals surface area contributed by atoms with E-state index in [1.54, 1.807) is 0 Å². The van der Waals surface area contributed by atoms with Crippen LogP contribution in [0.3, 0.4) is 0 Å². The van der Waals surface area contributed by atoms with Crippen LogP contribution in [0, 0.1) is 0 Å². The quantitative estimate of drug-likeness (QED) is 0.189. The van der Waals surface area contributed by atoms with Crippen LogP contribution >= 0.6 is 0 Å². The van der Waals surface area contributed by atoms with Crippen molar-refractivity contribution in [3.05, 3.63) is 146 Å². The molecular weight excluding hydrogens is 576 g/mol. The standard InChI is InChI=1S/C42H24N4O/c1-2-10-27(11-3-1)40-44-41(29-17-18-32-34-19-16-26-9-5-7-13-31(26)39(34)47-37(32)23-29)46-42(45-40)35-22-28-15-14-25-8-4-6-12-30(25)38(28)33-20-21-43-24-36(33)35/h1-24H. The number of fused-ring (bicyclic) bond motifs is 10. The molecule has 0 saturated heterocycles. The number of nitrogens with zero attached hydrogens (tertiary/aromatic N) is 4. The molecule has 0 spiro atoms. The van der Waals surface area contributed by atoms with Crippen molar-refractivity contribution in [1.29, 1.82) is 0 Å². The lowest BCUT2D eigenvalue weighted by atomic mass is 9.94. The molecule has 10 aromatic rings. The molecule has 0 saturated carbocycles. The van der Waals surface area contributed by atoms with Gasteiger partial charge in [0.05, 0.1) is 0 Å². The average molecular weight is 601 g/mol. The molecule has 0 bridgehead atoms. The highest BCUT2D eigenvalue weighted by Gasteiger charge is 2.18. The highest BCUT2D eigenvalue weighted by Crippen LogP contribution is 2.39. The summed E-state index contributed by atoms with van der Waals surface area (Å²) in [5.74, 6) is 1.78. The number of pyridine rings is 1. The number of aromatic nitrogens is 4. The molecule has 0 aliphatic rings. The van der Waals surface area contributed by atoms with Crippen molar-refractivity contribution < 1.29 is 4.42 Å². The van der Waals surface area contributed by atoms with Crippen LogP contribution in [-0.4, -0.2) is 19.9 Å². The van der Waals surface area contributed by atoms with Crippen molar-refractivity contribution in [2.75, 3.05) is 0 Å². The van der Waals surface area contributed by atoms with E-state index in [4.69, 9.17) is 19.4 Å². The summed E-state index contributed by atoms with van der Waals surface area (Å²) in [6.45, 7) is 0. The van der Waals surface area contributed by atoms with Gasteiger partial charge in [-0.25, -0.2) is 15.0 Å². The van der Waals surface area contributed by atoms with E-state index in [0.29, 0.717) is 17.5 Å². The van der Waals surface area contributed by atoms with Crippen molar-refractivity contribution in [2.45, 2.75) is 0 Å². The number of benzene rings is 7. The summed E-state index contributed by atoms with van der Waals surface area (Å²) in [6.07, 6.45) is 3.77. The number of hydrogen-bond donors (Lipinski definition) is 0. The molecule has 0 atom stereocenters. The first-order chi connectivity index (χ1) is 23.3. The Morgan fingerprint density at radius 1 is 0.426 bits per heavy atom. The van der Waals surface area contributed by atoms with Crippen LogP contribution in [-0.2, 0) is 0 Å². The van der Waals surface area contributed by atoms with Crippen LogP contribution in [0.1, 0.15) is 0 Å². The molecule has 0 aliphatic carbocycles. The number of rotatable bonds is 3. The predicted molar refractivity (Wildman–Crippen MR) is 191 cm³/mol. The third-order valence-electron chi connectivity index (χ3n) is 9.17. The lowest BCUT2D eigenvalue weighted by Crippen LogP contribution is -2.01. The summed E-state index contributed by atoms with van der Waals surface area (Å²) in [5.41, 5.74) is 4.37. The molecule has 47 heavy (non-hydrogen) atoms. The molecule has 0 aliphatic heterocycles. The summed E-state index contributed by atoms with van der Waals surface area (Å²) >= 11 is 0. The van der Waals surface area contributed by atoms with Gasteiger partial charge in [-0.2, -0.15) is 0 Å². The normalized spacial score (nSPS) is 11.8. The summed E-state index contributed by atoms with van der Waals surface area (Å²) in [5, 5.41) is 11.2. The molecule has 218 valence electrons. The first-order valence-corrected chi connectivity index (χ1v) is 15.6. The van der Waals surface area contributed by atoms with Gasteiger partial charge < -0.3 is 4.42 Å². The molecule has 5 nitrogen and oxygen atoms in total. The minimum atomic E-state index is 0.580. The van der Waals surface area contributed by atoms with Crippen molar-refractivity contribution in [3.63, 3.8) is 0 Å². The first kappa shape index (κ1) is 25.8. The second kappa shape index (κ2) is 10.0. The lowest BCUT2D eigenvalue weighted by molar-refractivity contribution is 0.673. The Kier molecular flexibility index (Phi) is 5.51. The SMILES string of the molecule is c1ccc(-c2nc(-c3ccc4c(c3)oc3c5ccccc5ccc43)nc(-c3cc4ccc5ccccc5c4c4ccncc34)n2)cc1.